The SMILES string of the molecule is Cc1ncc(-c2ccnc(NC(=O)O)c2)cc1NS(=O)(=O)N(C)C. The molecule has 0 aliphatic carbocycles. The third kappa shape index (κ3) is 4.18. The molecule has 0 spiro atoms. The lowest BCUT2D eigenvalue weighted by Crippen LogP contribution is -2.29. The van der Waals surface area contributed by atoms with Crippen molar-refractivity contribution in [3.63, 3.8) is 0 Å². The zero-order valence-corrected chi connectivity index (χ0v) is 14.1. The lowest BCUT2D eigenvalue weighted by atomic mass is 10.1. The fourth-order valence-corrected chi connectivity index (χ4v) is 2.48. The molecule has 10 heteroatoms. The molecule has 0 radical (unpaired) electrons. The first-order chi connectivity index (χ1) is 11.2. The van der Waals surface area contributed by atoms with Crippen molar-refractivity contribution >= 4 is 27.8 Å². The van der Waals surface area contributed by atoms with Crippen LogP contribution >= 0.6 is 0 Å². The van der Waals surface area contributed by atoms with E-state index in [-0.39, 0.29) is 5.82 Å². The molecule has 0 bridgehead atoms. The number of aromatic nitrogens is 2. The number of anilines is 2. The second-order valence-corrected chi connectivity index (χ2v) is 6.99. The van der Waals surface area contributed by atoms with Crippen LogP contribution in [0.3, 0.4) is 0 Å². The van der Waals surface area contributed by atoms with E-state index >= 15 is 0 Å². The Morgan fingerprint density at radius 1 is 1.21 bits per heavy atom. The maximum absolute atomic E-state index is 12.0. The molecule has 0 saturated heterocycles. The summed E-state index contributed by atoms with van der Waals surface area (Å²) in [5.41, 5.74) is 2.12. The van der Waals surface area contributed by atoms with Gasteiger partial charge in [0.25, 0.3) is 0 Å². The van der Waals surface area contributed by atoms with Gasteiger partial charge in [-0.15, -0.1) is 0 Å². The summed E-state index contributed by atoms with van der Waals surface area (Å²) < 4.78 is 27.5. The molecule has 2 aromatic heterocycles. The molecule has 1 amide bonds. The van der Waals surface area contributed by atoms with Gasteiger partial charge in [-0.3, -0.25) is 15.0 Å². The zero-order valence-electron chi connectivity index (χ0n) is 13.3. The molecule has 0 atom stereocenters. The minimum atomic E-state index is -3.66. The first kappa shape index (κ1) is 17.6. The number of carboxylic acid groups (broad SMARTS) is 1. The Hall–Kier alpha value is -2.72. The molecule has 0 aromatic carbocycles. The average molecular weight is 351 g/mol. The molecule has 0 saturated carbocycles. The molecule has 0 aliphatic rings. The average Bonchev–Trinajstić information content (AvgIpc) is 2.48. The quantitative estimate of drug-likeness (QED) is 0.754. The lowest BCUT2D eigenvalue weighted by Gasteiger charge is -2.15. The Bertz CT molecular complexity index is 867. The molecular formula is C14H17N5O4S. The van der Waals surface area contributed by atoms with E-state index in [0.717, 1.165) is 4.31 Å². The van der Waals surface area contributed by atoms with Crippen LogP contribution in [0.25, 0.3) is 11.1 Å². The van der Waals surface area contributed by atoms with Crippen LogP contribution in [0.4, 0.5) is 16.3 Å². The smallest absolute Gasteiger partial charge is 0.410 e. The number of nitrogens with one attached hydrogen (secondary N) is 2. The number of nitrogens with zero attached hydrogens (tertiary/aromatic N) is 3. The first-order valence-corrected chi connectivity index (χ1v) is 8.26. The highest BCUT2D eigenvalue weighted by Crippen LogP contribution is 2.25. The summed E-state index contributed by atoms with van der Waals surface area (Å²) in [4.78, 5) is 18.8. The number of hydrogen-bond donors (Lipinski definition) is 3. The van der Waals surface area contributed by atoms with E-state index < -0.39 is 16.3 Å². The van der Waals surface area contributed by atoms with Gasteiger partial charge in [-0.1, -0.05) is 0 Å². The van der Waals surface area contributed by atoms with E-state index in [1.807, 2.05) is 0 Å². The van der Waals surface area contributed by atoms with Crippen LogP contribution in [0.2, 0.25) is 0 Å². The predicted molar refractivity (Wildman–Crippen MR) is 90.1 cm³/mol. The zero-order chi connectivity index (χ0) is 17.9. The summed E-state index contributed by atoms with van der Waals surface area (Å²) in [6.07, 6.45) is 1.80. The second kappa shape index (κ2) is 6.81. The van der Waals surface area contributed by atoms with Crippen LogP contribution in [-0.2, 0) is 10.2 Å². The molecule has 2 aromatic rings. The van der Waals surface area contributed by atoms with Gasteiger partial charge in [0.15, 0.2) is 0 Å². The Kier molecular flexibility index (Phi) is 5.00. The van der Waals surface area contributed by atoms with Crippen LogP contribution in [0.1, 0.15) is 5.69 Å². The molecule has 0 unspecified atom stereocenters. The minimum absolute atomic E-state index is 0.163. The highest BCUT2D eigenvalue weighted by molar-refractivity contribution is 7.90. The van der Waals surface area contributed by atoms with Gasteiger partial charge < -0.3 is 5.11 Å². The minimum Gasteiger partial charge on any atom is -0.465 e. The molecule has 24 heavy (non-hydrogen) atoms. The van der Waals surface area contributed by atoms with E-state index in [4.69, 9.17) is 5.11 Å². The normalized spacial score (nSPS) is 11.3. The van der Waals surface area contributed by atoms with Crippen molar-refractivity contribution in [2.24, 2.45) is 0 Å². The van der Waals surface area contributed by atoms with Crippen LogP contribution in [0.5, 0.6) is 0 Å². The van der Waals surface area contributed by atoms with E-state index in [9.17, 15) is 13.2 Å². The Morgan fingerprint density at radius 3 is 2.54 bits per heavy atom. The maximum atomic E-state index is 12.0. The van der Waals surface area contributed by atoms with E-state index in [0.29, 0.717) is 22.5 Å². The Labute approximate surface area is 139 Å². The van der Waals surface area contributed by atoms with Crippen molar-refractivity contribution in [2.75, 3.05) is 24.1 Å². The second-order valence-electron chi connectivity index (χ2n) is 5.11. The number of aryl methyl sites for hydroxylation is 1. The summed E-state index contributed by atoms with van der Waals surface area (Å²) in [7, 11) is -0.819. The predicted octanol–water partition coefficient (Wildman–Crippen LogP) is 1.76. The number of amides is 1. The highest BCUT2D eigenvalue weighted by Gasteiger charge is 2.15. The van der Waals surface area contributed by atoms with Gasteiger partial charge in [0.2, 0.25) is 0 Å². The van der Waals surface area contributed by atoms with Gasteiger partial charge in [-0.25, -0.2) is 9.78 Å². The summed E-state index contributed by atoms with van der Waals surface area (Å²) in [6.45, 7) is 1.68. The summed E-state index contributed by atoms with van der Waals surface area (Å²) >= 11 is 0. The molecule has 2 heterocycles. The molecule has 0 aliphatic heterocycles. The van der Waals surface area contributed by atoms with Gasteiger partial charge in [0, 0.05) is 32.1 Å². The number of hydrogen-bond acceptors (Lipinski definition) is 5. The topological polar surface area (TPSA) is 125 Å². The van der Waals surface area contributed by atoms with Gasteiger partial charge in [0.1, 0.15) is 5.82 Å². The Morgan fingerprint density at radius 2 is 1.92 bits per heavy atom. The Balaban J connectivity index is 2.39. The fraction of sp³-hybridized carbons (Fsp3) is 0.214. The van der Waals surface area contributed by atoms with Crippen molar-refractivity contribution in [2.45, 2.75) is 6.92 Å². The van der Waals surface area contributed by atoms with Crippen molar-refractivity contribution in [3.05, 3.63) is 36.3 Å². The van der Waals surface area contributed by atoms with Gasteiger partial charge in [0.05, 0.1) is 11.4 Å². The van der Waals surface area contributed by atoms with Gasteiger partial charge in [-0.05, 0) is 30.7 Å². The van der Waals surface area contributed by atoms with Crippen molar-refractivity contribution in [3.8, 4) is 11.1 Å². The summed E-state index contributed by atoms with van der Waals surface area (Å²) in [5, 5.41) is 10.9. The molecule has 3 N–H and O–H groups in total. The fourth-order valence-electron chi connectivity index (χ4n) is 1.81. The van der Waals surface area contributed by atoms with Crippen LogP contribution in [0, 0.1) is 6.92 Å². The van der Waals surface area contributed by atoms with Gasteiger partial charge >= 0.3 is 16.3 Å². The number of carbonyl (C=O) groups is 1. The summed E-state index contributed by atoms with van der Waals surface area (Å²) in [6, 6.07) is 4.83. The standard InChI is InChI=1S/C14H17N5O4S/c1-9-12(18-24(22,23)19(2)3)6-11(8-16-9)10-4-5-15-13(7-10)17-14(20)21/h4-8,18H,1-3H3,(H,15,17)(H,20,21). The first-order valence-electron chi connectivity index (χ1n) is 6.82. The molecule has 2 rings (SSSR count). The summed E-state index contributed by atoms with van der Waals surface area (Å²) in [5.74, 6) is 0.163. The van der Waals surface area contributed by atoms with Crippen molar-refractivity contribution in [1.29, 1.82) is 0 Å². The van der Waals surface area contributed by atoms with E-state index in [2.05, 4.69) is 20.0 Å². The molecule has 128 valence electrons. The third-order valence-electron chi connectivity index (χ3n) is 3.13. The van der Waals surface area contributed by atoms with Crippen molar-refractivity contribution < 1.29 is 18.3 Å². The number of rotatable bonds is 5. The molecular weight excluding hydrogens is 334 g/mol. The van der Waals surface area contributed by atoms with E-state index in [1.165, 1.54) is 26.4 Å². The van der Waals surface area contributed by atoms with Crippen LogP contribution in [-0.4, -0.2) is 48.0 Å². The lowest BCUT2D eigenvalue weighted by molar-refractivity contribution is 0.209. The van der Waals surface area contributed by atoms with Crippen LogP contribution < -0.4 is 10.0 Å². The largest absolute Gasteiger partial charge is 0.465 e. The maximum Gasteiger partial charge on any atom is 0.410 e. The van der Waals surface area contributed by atoms with Gasteiger partial charge in [-0.2, -0.15) is 12.7 Å². The highest BCUT2D eigenvalue weighted by atomic mass is 32.2. The van der Waals surface area contributed by atoms with Crippen LogP contribution in [0.15, 0.2) is 30.6 Å². The molecule has 0 fully saturated rings. The third-order valence-corrected chi connectivity index (χ3v) is 4.57. The number of pyridine rings is 2. The molecule has 9 nitrogen and oxygen atoms in total. The monoisotopic (exact) mass is 351 g/mol. The van der Waals surface area contributed by atoms with E-state index in [1.54, 1.807) is 25.3 Å². The van der Waals surface area contributed by atoms with Crippen molar-refractivity contribution in [1.82, 2.24) is 14.3 Å².